The molecular weight excluding hydrogens is 266 g/mol. The maximum Gasteiger partial charge on any atom is 0.323 e. The van der Waals surface area contributed by atoms with Crippen LogP contribution in [0.2, 0.25) is 0 Å². The molecular formula is C16H27N3O2. The highest BCUT2D eigenvalue weighted by Gasteiger charge is 2.37. The first kappa shape index (κ1) is 16.0. The summed E-state index contributed by atoms with van der Waals surface area (Å²) >= 11 is 0. The van der Waals surface area contributed by atoms with Crippen LogP contribution in [0.15, 0.2) is 12.4 Å². The summed E-state index contributed by atoms with van der Waals surface area (Å²) in [5.41, 5.74) is -0.781. The largest absolute Gasteiger partial charge is 0.480 e. The zero-order valence-electron chi connectivity index (χ0n) is 13.3. The van der Waals surface area contributed by atoms with Crippen LogP contribution in [0.4, 0.5) is 0 Å². The molecule has 5 heteroatoms. The van der Waals surface area contributed by atoms with Crippen molar-refractivity contribution in [2.24, 2.45) is 0 Å². The van der Waals surface area contributed by atoms with Crippen molar-refractivity contribution in [2.75, 3.05) is 0 Å². The minimum Gasteiger partial charge on any atom is -0.480 e. The van der Waals surface area contributed by atoms with Crippen molar-refractivity contribution in [2.45, 2.75) is 76.9 Å². The molecule has 0 bridgehead atoms. The number of nitrogens with zero attached hydrogens (tertiary/aromatic N) is 2. The maximum atomic E-state index is 11.5. The van der Waals surface area contributed by atoms with Gasteiger partial charge in [0, 0.05) is 30.9 Å². The molecule has 1 aliphatic rings. The Hall–Kier alpha value is -1.36. The van der Waals surface area contributed by atoms with E-state index in [0.717, 1.165) is 38.1 Å². The zero-order valence-corrected chi connectivity index (χ0v) is 13.3. The Kier molecular flexibility index (Phi) is 5.04. The van der Waals surface area contributed by atoms with Crippen LogP contribution in [0, 0.1) is 0 Å². The van der Waals surface area contributed by atoms with Crippen LogP contribution >= 0.6 is 0 Å². The molecule has 0 aliphatic heterocycles. The van der Waals surface area contributed by atoms with Gasteiger partial charge >= 0.3 is 5.97 Å². The molecule has 2 N–H and O–H groups in total. The lowest BCUT2D eigenvalue weighted by atomic mass is 9.94. The Labute approximate surface area is 126 Å². The van der Waals surface area contributed by atoms with Gasteiger partial charge in [-0.15, -0.1) is 0 Å². The lowest BCUT2D eigenvalue weighted by molar-refractivity contribution is -0.144. The third kappa shape index (κ3) is 4.30. The van der Waals surface area contributed by atoms with Crippen molar-refractivity contribution < 1.29 is 9.90 Å². The molecule has 118 valence electrons. The molecule has 1 atom stereocenters. The molecule has 2 rings (SSSR count). The van der Waals surface area contributed by atoms with Crippen molar-refractivity contribution >= 4 is 5.97 Å². The number of aliphatic carboxylic acids is 1. The van der Waals surface area contributed by atoms with Gasteiger partial charge in [-0.1, -0.05) is 13.8 Å². The van der Waals surface area contributed by atoms with E-state index in [1.54, 1.807) is 0 Å². The SMILES string of the molecule is CC(C)c1nccn1CCCCC(C)(NC1CC1)C(=O)O. The number of carboxylic acid groups (broad SMARTS) is 1. The number of rotatable bonds is 9. The molecule has 0 spiro atoms. The van der Waals surface area contributed by atoms with E-state index in [0.29, 0.717) is 18.4 Å². The van der Waals surface area contributed by atoms with Crippen molar-refractivity contribution in [1.29, 1.82) is 0 Å². The number of aromatic nitrogens is 2. The van der Waals surface area contributed by atoms with E-state index in [1.165, 1.54) is 0 Å². The Morgan fingerprint density at radius 3 is 2.81 bits per heavy atom. The summed E-state index contributed by atoms with van der Waals surface area (Å²) in [5.74, 6) is 0.785. The first-order valence-corrected chi connectivity index (χ1v) is 7.94. The summed E-state index contributed by atoms with van der Waals surface area (Å²) < 4.78 is 2.18. The second-order valence-electron chi connectivity index (χ2n) is 6.65. The topological polar surface area (TPSA) is 67.2 Å². The molecule has 1 heterocycles. The van der Waals surface area contributed by atoms with E-state index >= 15 is 0 Å². The van der Waals surface area contributed by atoms with Crippen LogP contribution in [0.25, 0.3) is 0 Å². The van der Waals surface area contributed by atoms with E-state index in [2.05, 4.69) is 28.7 Å². The Morgan fingerprint density at radius 2 is 2.24 bits per heavy atom. The summed E-state index contributed by atoms with van der Waals surface area (Å²) in [6, 6.07) is 0.410. The van der Waals surface area contributed by atoms with Crippen LogP contribution in [0.5, 0.6) is 0 Å². The molecule has 1 aromatic rings. The average Bonchev–Trinajstić information content (AvgIpc) is 3.08. The van der Waals surface area contributed by atoms with Gasteiger partial charge in [0.2, 0.25) is 0 Å². The van der Waals surface area contributed by atoms with E-state index in [1.807, 2.05) is 19.3 Å². The van der Waals surface area contributed by atoms with Gasteiger partial charge in [-0.2, -0.15) is 0 Å². The molecule has 5 nitrogen and oxygen atoms in total. The molecule has 0 radical (unpaired) electrons. The van der Waals surface area contributed by atoms with Crippen molar-refractivity contribution in [3.8, 4) is 0 Å². The van der Waals surface area contributed by atoms with Gasteiger partial charge in [0.05, 0.1) is 0 Å². The summed E-state index contributed by atoms with van der Waals surface area (Å²) in [6.45, 7) is 7.00. The predicted octanol–water partition coefficient (Wildman–Crippen LogP) is 2.77. The highest BCUT2D eigenvalue weighted by atomic mass is 16.4. The third-order valence-corrected chi connectivity index (χ3v) is 4.16. The number of carbonyl (C=O) groups is 1. The van der Waals surface area contributed by atoms with Crippen LogP contribution in [0.1, 0.15) is 64.6 Å². The quantitative estimate of drug-likeness (QED) is 0.687. The van der Waals surface area contributed by atoms with E-state index in [4.69, 9.17) is 0 Å². The molecule has 1 unspecified atom stereocenters. The summed E-state index contributed by atoms with van der Waals surface area (Å²) in [5, 5.41) is 12.7. The Bertz CT molecular complexity index is 480. The van der Waals surface area contributed by atoms with Crippen molar-refractivity contribution in [3.05, 3.63) is 18.2 Å². The molecule has 0 saturated heterocycles. The van der Waals surface area contributed by atoms with Crippen LogP contribution in [-0.2, 0) is 11.3 Å². The minimum absolute atomic E-state index is 0.410. The van der Waals surface area contributed by atoms with E-state index < -0.39 is 11.5 Å². The standard InChI is InChI=1S/C16H27N3O2/c1-12(2)14-17-9-11-19(14)10-5-4-8-16(3,15(20)21)18-13-6-7-13/h9,11-13,18H,4-8,10H2,1-3H3,(H,20,21). The second-order valence-corrected chi connectivity index (χ2v) is 6.65. The summed E-state index contributed by atoms with van der Waals surface area (Å²) in [6.07, 6.45) is 8.61. The van der Waals surface area contributed by atoms with Gasteiger partial charge in [0.15, 0.2) is 0 Å². The van der Waals surface area contributed by atoms with Gasteiger partial charge in [-0.25, -0.2) is 4.98 Å². The van der Waals surface area contributed by atoms with Gasteiger partial charge in [0.1, 0.15) is 11.4 Å². The fourth-order valence-electron chi connectivity index (χ4n) is 2.69. The minimum atomic E-state index is -0.781. The fraction of sp³-hybridized carbons (Fsp3) is 0.750. The Balaban J connectivity index is 1.79. The van der Waals surface area contributed by atoms with Crippen LogP contribution in [-0.4, -0.2) is 32.2 Å². The number of hydrogen-bond acceptors (Lipinski definition) is 3. The van der Waals surface area contributed by atoms with Gasteiger partial charge in [-0.3, -0.25) is 10.1 Å². The molecule has 1 fully saturated rings. The van der Waals surface area contributed by atoms with Gasteiger partial charge < -0.3 is 9.67 Å². The Morgan fingerprint density at radius 1 is 1.52 bits per heavy atom. The lowest BCUT2D eigenvalue weighted by Crippen LogP contribution is -2.50. The first-order chi connectivity index (χ1) is 9.92. The average molecular weight is 293 g/mol. The van der Waals surface area contributed by atoms with Crippen molar-refractivity contribution in [3.63, 3.8) is 0 Å². The maximum absolute atomic E-state index is 11.5. The normalized spacial score (nSPS) is 17.9. The zero-order chi connectivity index (χ0) is 15.5. The van der Waals surface area contributed by atoms with Gasteiger partial charge in [0.25, 0.3) is 0 Å². The summed E-state index contributed by atoms with van der Waals surface area (Å²) in [4.78, 5) is 15.8. The second kappa shape index (κ2) is 6.60. The van der Waals surface area contributed by atoms with E-state index in [-0.39, 0.29) is 0 Å². The van der Waals surface area contributed by atoms with Crippen molar-refractivity contribution in [1.82, 2.24) is 14.9 Å². The lowest BCUT2D eigenvalue weighted by Gasteiger charge is -2.26. The number of unbranched alkanes of at least 4 members (excludes halogenated alkanes) is 1. The number of imidazole rings is 1. The van der Waals surface area contributed by atoms with Crippen LogP contribution in [0.3, 0.4) is 0 Å². The molecule has 0 aromatic carbocycles. The number of aryl methyl sites for hydroxylation is 1. The predicted molar refractivity (Wildman–Crippen MR) is 82.4 cm³/mol. The van der Waals surface area contributed by atoms with Gasteiger partial charge in [-0.05, 0) is 39.0 Å². The number of carboxylic acids is 1. The number of nitrogens with one attached hydrogen (secondary N) is 1. The van der Waals surface area contributed by atoms with Crippen LogP contribution < -0.4 is 5.32 Å². The fourth-order valence-corrected chi connectivity index (χ4v) is 2.69. The smallest absolute Gasteiger partial charge is 0.323 e. The molecule has 1 aliphatic carbocycles. The monoisotopic (exact) mass is 293 g/mol. The molecule has 0 amide bonds. The molecule has 1 aromatic heterocycles. The summed E-state index contributed by atoms with van der Waals surface area (Å²) in [7, 11) is 0. The van der Waals surface area contributed by atoms with E-state index in [9.17, 15) is 9.90 Å². The highest BCUT2D eigenvalue weighted by Crippen LogP contribution is 2.25. The molecule has 1 saturated carbocycles. The first-order valence-electron chi connectivity index (χ1n) is 7.94. The highest BCUT2D eigenvalue weighted by molar-refractivity contribution is 5.78. The third-order valence-electron chi connectivity index (χ3n) is 4.16. The molecule has 21 heavy (non-hydrogen) atoms. The number of hydrogen-bond donors (Lipinski definition) is 2.